The number of carbonyl (C=O) groups is 2. The minimum absolute atomic E-state index is 0. The fraction of sp³-hybridized carbons (Fsp3) is 0.423. The molecule has 0 amide bonds. The third-order valence-electron chi connectivity index (χ3n) is 5.55. The van der Waals surface area contributed by atoms with Crippen molar-refractivity contribution in [3.63, 3.8) is 0 Å². The minimum Gasteiger partial charge on any atom is -0.343 e. The Bertz CT molecular complexity index is 1020. The molecule has 0 heterocycles. The molecule has 0 fully saturated rings. The molecule has 1 N–H and O–H groups in total. The van der Waals surface area contributed by atoms with Crippen molar-refractivity contribution in [3.8, 4) is 0 Å². The van der Waals surface area contributed by atoms with E-state index in [2.05, 4.69) is 13.8 Å². The molecule has 1 aliphatic carbocycles. The molecule has 0 saturated carbocycles. The van der Waals surface area contributed by atoms with Crippen LogP contribution in [0.1, 0.15) is 103 Å². The third kappa shape index (κ3) is 8.45. The topological polar surface area (TPSA) is 88.5 Å². The quantitative estimate of drug-likeness (QED) is 0.208. The molecule has 0 saturated heterocycles. The SMILES string of the molecule is O=C1c2ccccc2C(=O)c2c1cccc2S(=O)(=O)O.[CH2-]CCCCCCCCCCC.[Na+]. The summed E-state index contributed by atoms with van der Waals surface area (Å²) in [6.45, 7) is 6.12. The van der Waals surface area contributed by atoms with E-state index in [0.717, 1.165) is 12.5 Å². The number of ketones is 2. The molecular formula is C26H33NaO5S. The maximum Gasteiger partial charge on any atom is 1.00 e. The summed E-state index contributed by atoms with van der Waals surface area (Å²) < 4.78 is 31.9. The molecule has 2 aromatic carbocycles. The standard InChI is InChI=1S/C14H8O5S.C12H25.Na/c15-13-8-4-1-2-5-9(8)14(16)12-10(13)6-3-7-11(12)20(17,18)19;1-3-5-7-9-11-12-10-8-6-4-2;/h1-7H,(H,17,18,19);1,3-12H2,2H3;/q;-1;+1. The van der Waals surface area contributed by atoms with Crippen LogP contribution in [0.25, 0.3) is 0 Å². The van der Waals surface area contributed by atoms with Crippen LogP contribution in [0.2, 0.25) is 0 Å². The first-order valence-electron chi connectivity index (χ1n) is 11.4. The number of rotatable bonds is 10. The van der Waals surface area contributed by atoms with E-state index >= 15 is 0 Å². The van der Waals surface area contributed by atoms with Crippen LogP contribution in [0.15, 0.2) is 47.4 Å². The Labute approximate surface area is 220 Å². The van der Waals surface area contributed by atoms with E-state index in [4.69, 9.17) is 0 Å². The predicted molar refractivity (Wildman–Crippen MR) is 127 cm³/mol. The van der Waals surface area contributed by atoms with Gasteiger partial charge in [0.1, 0.15) is 4.90 Å². The molecule has 33 heavy (non-hydrogen) atoms. The maximum absolute atomic E-state index is 12.4. The number of benzene rings is 2. The van der Waals surface area contributed by atoms with Gasteiger partial charge in [0.25, 0.3) is 10.1 Å². The van der Waals surface area contributed by atoms with Gasteiger partial charge < -0.3 is 6.92 Å². The van der Waals surface area contributed by atoms with Gasteiger partial charge in [0.15, 0.2) is 11.6 Å². The van der Waals surface area contributed by atoms with Crippen LogP contribution in [-0.2, 0) is 10.1 Å². The van der Waals surface area contributed by atoms with E-state index in [1.54, 1.807) is 12.1 Å². The molecule has 0 spiro atoms. The second kappa shape index (κ2) is 14.8. The van der Waals surface area contributed by atoms with Crippen molar-refractivity contribution in [1.29, 1.82) is 0 Å². The molecule has 1 aliphatic rings. The van der Waals surface area contributed by atoms with Crippen LogP contribution in [0, 0.1) is 6.92 Å². The van der Waals surface area contributed by atoms with Crippen LogP contribution in [0.3, 0.4) is 0 Å². The first kappa shape index (κ1) is 29.7. The van der Waals surface area contributed by atoms with Crippen molar-refractivity contribution in [2.45, 2.75) is 76.0 Å². The van der Waals surface area contributed by atoms with E-state index in [9.17, 15) is 22.6 Å². The first-order chi connectivity index (χ1) is 15.3. The fourth-order valence-electron chi connectivity index (χ4n) is 3.82. The third-order valence-corrected chi connectivity index (χ3v) is 6.44. The fourth-order valence-corrected chi connectivity index (χ4v) is 4.53. The summed E-state index contributed by atoms with van der Waals surface area (Å²) in [5.74, 6) is -1.01. The van der Waals surface area contributed by atoms with E-state index in [0.29, 0.717) is 0 Å². The number of fused-ring (bicyclic) bond motifs is 2. The van der Waals surface area contributed by atoms with Crippen molar-refractivity contribution in [2.75, 3.05) is 0 Å². The molecule has 0 unspecified atom stereocenters. The summed E-state index contributed by atoms with van der Waals surface area (Å²) in [6.07, 6.45) is 13.9. The van der Waals surface area contributed by atoms with Gasteiger partial charge in [-0.1, -0.05) is 101 Å². The molecule has 5 nitrogen and oxygen atoms in total. The summed E-state index contributed by atoms with van der Waals surface area (Å²) in [5.41, 5.74) is 0.0983. The molecule has 0 aliphatic heterocycles. The molecular weight excluding hydrogens is 447 g/mol. The molecule has 2 aromatic rings. The molecule has 0 bridgehead atoms. The van der Waals surface area contributed by atoms with Gasteiger partial charge in [-0.2, -0.15) is 14.8 Å². The summed E-state index contributed by atoms with van der Waals surface area (Å²) in [4.78, 5) is 24.2. The smallest absolute Gasteiger partial charge is 0.343 e. The second-order valence-corrected chi connectivity index (χ2v) is 9.43. The van der Waals surface area contributed by atoms with E-state index in [-0.39, 0.29) is 51.8 Å². The van der Waals surface area contributed by atoms with Crippen LogP contribution >= 0.6 is 0 Å². The Balaban J connectivity index is 0.000000366. The average Bonchev–Trinajstić information content (AvgIpc) is 2.78. The largest absolute Gasteiger partial charge is 1.00 e. The van der Waals surface area contributed by atoms with Gasteiger partial charge in [-0.15, -0.1) is 0 Å². The Morgan fingerprint density at radius 3 is 1.73 bits per heavy atom. The Kier molecular flexibility index (Phi) is 13.4. The Hall–Kier alpha value is -1.31. The van der Waals surface area contributed by atoms with Crippen molar-refractivity contribution in [2.24, 2.45) is 0 Å². The van der Waals surface area contributed by atoms with Gasteiger partial charge in [0.05, 0.1) is 5.56 Å². The molecule has 0 radical (unpaired) electrons. The van der Waals surface area contributed by atoms with Crippen LogP contribution < -0.4 is 29.6 Å². The van der Waals surface area contributed by atoms with Gasteiger partial charge in [-0.05, 0) is 6.07 Å². The van der Waals surface area contributed by atoms with Gasteiger partial charge in [-0.25, -0.2) is 0 Å². The number of hydrogen-bond donors (Lipinski definition) is 1. The number of unbranched alkanes of at least 4 members (excludes halogenated alkanes) is 9. The predicted octanol–water partition coefficient (Wildman–Crippen LogP) is 3.45. The van der Waals surface area contributed by atoms with Crippen molar-refractivity contribution >= 4 is 21.7 Å². The van der Waals surface area contributed by atoms with E-state index < -0.39 is 26.6 Å². The zero-order valence-electron chi connectivity index (χ0n) is 19.8. The van der Waals surface area contributed by atoms with E-state index in [1.165, 1.54) is 82.1 Å². The normalized spacial score (nSPS) is 12.2. The summed E-state index contributed by atoms with van der Waals surface area (Å²) >= 11 is 0. The summed E-state index contributed by atoms with van der Waals surface area (Å²) in [6, 6.07) is 9.99. The van der Waals surface area contributed by atoms with Crippen molar-refractivity contribution in [3.05, 3.63) is 71.6 Å². The Morgan fingerprint density at radius 2 is 1.21 bits per heavy atom. The van der Waals surface area contributed by atoms with Gasteiger partial charge in [0, 0.05) is 16.7 Å². The van der Waals surface area contributed by atoms with Crippen LogP contribution in [0.4, 0.5) is 0 Å². The zero-order valence-corrected chi connectivity index (χ0v) is 22.6. The molecule has 0 aromatic heterocycles. The second-order valence-electron chi connectivity index (χ2n) is 8.04. The zero-order chi connectivity index (χ0) is 23.6. The van der Waals surface area contributed by atoms with Crippen molar-refractivity contribution in [1.82, 2.24) is 0 Å². The van der Waals surface area contributed by atoms with E-state index in [1.807, 2.05) is 0 Å². The number of carbonyl (C=O) groups excluding carboxylic acids is 2. The van der Waals surface area contributed by atoms with Crippen molar-refractivity contribution < 1.29 is 52.1 Å². The maximum atomic E-state index is 12.4. The van der Waals surface area contributed by atoms with Gasteiger partial charge in [-0.3, -0.25) is 14.1 Å². The van der Waals surface area contributed by atoms with Gasteiger partial charge >= 0.3 is 29.6 Å². The monoisotopic (exact) mass is 480 g/mol. The molecule has 7 heteroatoms. The number of hydrogen-bond acceptors (Lipinski definition) is 4. The van der Waals surface area contributed by atoms with Gasteiger partial charge in [0.2, 0.25) is 0 Å². The van der Waals surface area contributed by atoms with Crippen LogP contribution in [0.5, 0.6) is 0 Å². The molecule has 174 valence electrons. The Morgan fingerprint density at radius 1 is 0.727 bits per heavy atom. The minimum atomic E-state index is -4.58. The van der Waals surface area contributed by atoms with Crippen LogP contribution in [-0.4, -0.2) is 24.5 Å². The summed E-state index contributed by atoms with van der Waals surface area (Å²) in [7, 11) is -4.58. The first-order valence-corrected chi connectivity index (χ1v) is 12.8. The molecule has 3 rings (SSSR count). The molecule has 0 atom stereocenters. The summed E-state index contributed by atoms with van der Waals surface area (Å²) in [5, 5.41) is 0. The average molecular weight is 481 g/mol.